The molecule has 0 atom stereocenters. The lowest BCUT2D eigenvalue weighted by molar-refractivity contribution is -0.114. The second kappa shape index (κ2) is 6.15. The summed E-state index contributed by atoms with van der Waals surface area (Å²) >= 11 is 1.43. The largest absolute Gasteiger partial charge is 0.377 e. The number of hydrogen-bond donors (Lipinski definition) is 2. The third-order valence-corrected chi connectivity index (χ3v) is 3.34. The summed E-state index contributed by atoms with van der Waals surface area (Å²) in [6, 6.07) is 10.9. The number of carbonyl (C=O) groups is 2. The van der Waals surface area contributed by atoms with Crippen LogP contribution in [0.15, 0.2) is 41.8 Å². The molecule has 0 radical (unpaired) electrons. The Hall–Kier alpha value is -2.14. The van der Waals surface area contributed by atoms with Crippen LogP contribution in [0.25, 0.3) is 0 Å². The van der Waals surface area contributed by atoms with E-state index in [2.05, 4.69) is 10.6 Å². The van der Waals surface area contributed by atoms with E-state index in [1.165, 1.54) is 18.3 Å². The van der Waals surface area contributed by atoms with E-state index < -0.39 is 0 Å². The molecule has 0 fully saturated rings. The van der Waals surface area contributed by atoms with Crippen molar-refractivity contribution in [3.8, 4) is 0 Å². The minimum atomic E-state index is -0.119. The third-order valence-electron chi connectivity index (χ3n) is 2.43. The van der Waals surface area contributed by atoms with E-state index in [-0.39, 0.29) is 18.2 Å². The van der Waals surface area contributed by atoms with E-state index in [0.717, 1.165) is 10.6 Å². The average molecular weight is 274 g/mol. The van der Waals surface area contributed by atoms with Crippen molar-refractivity contribution >= 4 is 34.4 Å². The number of ketones is 1. The standard InChI is InChI=1S/C14H14N2O2S/c1-10(17)16-12-5-2-4-11(8-12)15-9-13(18)14-6-3-7-19-14/h2-8,15H,9H2,1H3,(H,16,17). The molecule has 0 saturated carbocycles. The summed E-state index contributed by atoms with van der Waals surface area (Å²) < 4.78 is 0. The van der Waals surface area contributed by atoms with Crippen LogP contribution < -0.4 is 10.6 Å². The van der Waals surface area contributed by atoms with Gasteiger partial charge in [-0.05, 0) is 29.6 Å². The van der Waals surface area contributed by atoms with E-state index >= 15 is 0 Å². The van der Waals surface area contributed by atoms with E-state index in [1.54, 1.807) is 12.1 Å². The van der Waals surface area contributed by atoms with Gasteiger partial charge in [-0.25, -0.2) is 0 Å². The highest BCUT2D eigenvalue weighted by Crippen LogP contribution is 2.15. The van der Waals surface area contributed by atoms with Gasteiger partial charge in [0, 0.05) is 18.3 Å². The lowest BCUT2D eigenvalue weighted by Crippen LogP contribution is -2.13. The summed E-state index contributed by atoms with van der Waals surface area (Å²) in [7, 11) is 0. The van der Waals surface area contributed by atoms with Crippen molar-refractivity contribution in [2.24, 2.45) is 0 Å². The zero-order chi connectivity index (χ0) is 13.7. The fraction of sp³-hybridized carbons (Fsp3) is 0.143. The molecule has 0 unspecified atom stereocenters. The minimum Gasteiger partial charge on any atom is -0.377 e. The first-order valence-electron chi connectivity index (χ1n) is 5.83. The number of rotatable bonds is 5. The first kappa shape index (κ1) is 13.3. The van der Waals surface area contributed by atoms with Crippen molar-refractivity contribution in [2.45, 2.75) is 6.92 Å². The molecule has 4 nitrogen and oxygen atoms in total. The van der Waals surface area contributed by atoms with Crippen molar-refractivity contribution in [3.05, 3.63) is 46.7 Å². The topological polar surface area (TPSA) is 58.2 Å². The lowest BCUT2D eigenvalue weighted by Gasteiger charge is -2.07. The second-order valence-electron chi connectivity index (χ2n) is 4.02. The highest BCUT2D eigenvalue weighted by Gasteiger charge is 2.06. The highest BCUT2D eigenvalue weighted by molar-refractivity contribution is 7.12. The van der Waals surface area contributed by atoms with Gasteiger partial charge in [-0.1, -0.05) is 12.1 Å². The molecule has 0 aliphatic carbocycles. The third kappa shape index (κ3) is 3.93. The van der Waals surface area contributed by atoms with Crippen LogP contribution in [0.2, 0.25) is 0 Å². The maximum atomic E-state index is 11.8. The number of amides is 1. The summed E-state index contributed by atoms with van der Waals surface area (Å²) in [6.07, 6.45) is 0. The maximum absolute atomic E-state index is 11.8. The van der Waals surface area contributed by atoms with Crippen molar-refractivity contribution in [3.63, 3.8) is 0 Å². The van der Waals surface area contributed by atoms with Crippen LogP contribution in [0.5, 0.6) is 0 Å². The minimum absolute atomic E-state index is 0.0555. The first-order valence-corrected chi connectivity index (χ1v) is 6.71. The molecular weight excluding hydrogens is 260 g/mol. The van der Waals surface area contributed by atoms with E-state index in [9.17, 15) is 9.59 Å². The van der Waals surface area contributed by atoms with Crippen LogP contribution in [0.3, 0.4) is 0 Å². The fourth-order valence-electron chi connectivity index (χ4n) is 1.62. The van der Waals surface area contributed by atoms with Crippen LogP contribution in [-0.2, 0) is 4.79 Å². The monoisotopic (exact) mass is 274 g/mol. The summed E-state index contributed by atoms with van der Waals surface area (Å²) in [5, 5.41) is 7.63. The van der Waals surface area contributed by atoms with Gasteiger partial charge in [0.15, 0.2) is 5.78 Å². The van der Waals surface area contributed by atoms with Crippen LogP contribution in [0, 0.1) is 0 Å². The van der Waals surface area contributed by atoms with Crippen molar-refractivity contribution in [1.29, 1.82) is 0 Å². The maximum Gasteiger partial charge on any atom is 0.221 e. The molecule has 98 valence electrons. The predicted octanol–water partition coefficient (Wildman–Crippen LogP) is 3.00. The number of anilines is 2. The molecule has 2 rings (SSSR count). The van der Waals surface area contributed by atoms with Gasteiger partial charge in [-0.15, -0.1) is 11.3 Å². The molecule has 0 aliphatic heterocycles. The number of hydrogen-bond acceptors (Lipinski definition) is 4. The van der Waals surface area contributed by atoms with E-state index in [4.69, 9.17) is 0 Å². The molecule has 1 aromatic carbocycles. The molecule has 1 aromatic heterocycles. The van der Waals surface area contributed by atoms with E-state index in [0.29, 0.717) is 5.69 Å². The zero-order valence-corrected chi connectivity index (χ0v) is 11.3. The SMILES string of the molecule is CC(=O)Nc1cccc(NCC(=O)c2cccs2)c1. The summed E-state index contributed by atoms with van der Waals surface area (Å²) in [5.41, 5.74) is 1.51. The first-order chi connectivity index (χ1) is 9.15. The fourth-order valence-corrected chi connectivity index (χ4v) is 2.28. The van der Waals surface area contributed by atoms with Gasteiger partial charge in [0.05, 0.1) is 11.4 Å². The zero-order valence-electron chi connectivity index (χ0n) is 10.5. The molecule has 5 heteroatoms. The smallest absolute Gasteiger partial charge is 0.221 e. The van der Waals surface area contributed by atoms with E-state index in [1.807, 2.05) is 29.6 Å². The van der Waals surface area contributed by atoms with Gasteiger partial charge in [0.25, 0.3) is 0 Å². The van der Waals surface area contributed by atoms with Gasteiger partial charge in [0.1, 0.15) is 0 Å². The summed E-state index contributed by atoms with van der Waals surface area (Å²) in [5.74, 6) is -0.0632. The van der Waals surface area contributed by atoms with Gasteiger partial charge in [0.2, 0.25) is 5.91 Å². The molecule has 2 aromatic rings. The lowest BCUT2D eigenvalue weighted by atomic mass is 10.2. The van der Waals surface area contributed by atoms with Crippen molar-refractivity contribution in [2.75, 3.05) is 17.2 Å². The molecule has 1 heterocycles. The Kier molecular flexibility index (Phi) is 4.30. The van der Waals surface area contributed by atoms with Gasteiger partial charge >= 0.3 is 0 Å². The van der Waals surface area contributed by atoms with Gasteiger partial charge in [-0.2, -0.15) is 0 Å². The van der Waals surface area contributed by atoms with Crippen LogP contribution in [0.4, 0.5) is 11.4 Å². The average Bonchev–Trinajstić information content (AvgIpc) is 2.89. The highest BCUT2D eigenvalue weighted by atomic mass is 32.1. The summed E-state index contributed by atoms with van der Waals surface area (Å²) in [6.45, 7) is 1.70. The molecule has 2 N–H and O–H groups in total. The van der Waals surface area contributed by atoms with Crippen LogP contribution >= 0.6 is 11.3 Å². The Morgan fingerprint density at radius 3 is 2.63 bits per heavy atom. The molecule has 19 heavy (non-hydrogen) atoms. The Labute approximate surface area is 115 Å². The number of benzene rings is 1. The molecule has 0 saturated heterocycles. The van der Waals surface area contributed by atoms with Crippen LogP contribution in [0.1, 0.15) is 16.6 Å². The summed E-state index contributed by atoms with van der Waals surface area (Å²) in [4.78, 5) is 23.5. The molecule has 0 aliphatic rings. The molecule has 0 bridgehead atoms. The number of thiophene rings is 1. The Balaban J connectivity index is 1.96. The predicted molar refractivity (Wildman–Crippen MR) is 77.9 cm³/mol. The molecular formula is C14H14N2O2S. The van der Waals surface area contributed by atoms with Crippen molar-refractivity contribution < 1.29 is 9.59 Å². The number of carbonyl (C=O) groups excluding carboxylic acids is 2. The Morgan fingerprint density at radius 2 is 1.95 bits per heavy atom. The molecule has 0 spiro atoms. The van der Waals surface area contributed by atoms with Gasteiger partial charge < -0.3 is 10.6 Å². The molecule has 1 amide bonds. The normalized spacial score (nSPS) is 9.95. The Bertz CT molecular complexity index is 579. The number of Topliss-reactive ketones (excluding diaryl/α,β-unsaturated/α-hetero) is 1. The Morgan fingerprint density at radius 1 is 1.16 bits per heavy atom. The van der Waals surface area contributed by atoms with Crippen molar-refractivity contribution in [1.82, 2.24) is 0 Å². The quantitative estimate of drug-likeness (QED) is 0.824. The number of nitrogens with one attached hydrogen (secondary N) is 2. The van der Waals surface area contributed by atoms with Gasteiger partial charge in [-0.3, -0.25) is 9.59 Å². The van der Waals surface area contributed by atoms with Crippen LogP contribution in [-0.4, -0.2) is 18.2 Å². The second-order valence-corrected chi connectivity index (χ2v) is 4.96.